The van der Waals surface area contributed by atoms with Gasteiger partial charge in [0.05, 0.1) is 18.6 Å². The first-order chi connectivity index (χ1) is 10.1. The van der Waals surface area contributed by atoms with Crippen molar-refractivity contribution in [1.29, 1.82) is 0 Å². The number of anilines is 1. The molecule has 1 N–H and O–H groups in total. The van der Waals surface area contributed by atoms with Crippen molar-refractivity contribution in [3.63, 3.8) is 0 Å². The largest absolute Gasteiger partial charge is 0.466 e. The molecule has 0 unspecified atom stereocenters. The van der Waals surface area contributed by atoms with Gasteiger partial charge in [-0.3, -0.25) is 9.59 Å². The topological polar surface area (TPSA) is 58.6 Å². The van der Waals surface area contributed by atoms with E-state index in [4.69, 9.17) is 4.74 Å². The van der Waals surface area contributed by atoms with E-state index < -0.39 is 0 Å². The molecule has 21 heavy (non-hydrogen) atoms. The smallest absolute Gasteiger partial charge is 0.307 e. The number of nitrogens with one attached hydrogen (secondary N) is 1. The number of nitrogens with zero attached hydrogens (tertiary/aromatic N) is 1. The van der Waals surface area contributed by atoms with Gasteiger partial charge in [-0.2, -0.15) is 0 Å². The van der Waals surface area contributed by atoms with Crippen LogP contribution in [0.3, 0.4) is 0 Å². The number of para-hydroxylation sites is 1. The van der Waals surface area contributed by atoms with E-state index in [9.17, 15) is 9.59 Å². The molecule has 1 amide bonds. The molecule has 1 aromatic carbocycles. The summed E-state index contributed by atoms with van der Waals surface area (Å²) in [7, 11) is 1.69. The average Bonchev–Trinajstić information content (AvgIpc) is 2.50. The lowest BCUT2D eigenvalue weighted by Crippen LogP contribution is -2.30. The molecule has 0 spiro atoms. The zero-order valence-electron chi connectivity index (χ0n) is 13.0. The number of rotatable bonds is 8. The summed E-state index contributed by atoms with van der Waals surface area (Å²) in [6.45, 7) is 5.36. The molecular weight excluding hydrogens is 268 g/mol. The predicted molar refractivity (Wildman–Crippen MR) is 83.4 cm³/mol. The minimum atomic E-state index is -0.283. The van der Waals surface area contributed by atoms with Crippen molar-refractivity contribution in [3.8, 4) is 0 Å². The Morgan fingerprint density at radius 2 is 1.95 bits per heavy atom. The molecule has 0 saturated heterocycles. The van der Waals surface area contributed by atoms with E-state index >= 15 is 0 Å². The van der Waals surface area contributed by atoms with Gasteiger partial charge in [0.15, 0.2) is 0 Å². The molecule has 0 atom stereocenters. The number of benzene rings is 1. The minimum Gasteiger partial charge on any atom is -0.466 e. The van der Waals surface area contributed by atoms with Crippen LogP contribution in [0.1, 0.15) is 37.0 Å². The molecule has 0 heterocycles. The standard InChI is InChI=1S/C16H24N2O3/c1-4-11-17-14-9-7-6-8-13(14)16(20)18(3)12-10-15(19)21-5-2/h6-9,17H,4-5,10-12H2,1-3H3. The zero-order valence-corrected chi connectivity index (χ0v) is 13.0. The lowest BCUT2D eigenvalue weighted by atomic mass is 10.1. The van der Waals surface area contributed by atoms with Gasteiger partial charge in [0.1, 0.15) is 0 Å². The summed E-state index contributed by atoms with van der Waals surface area (Å²) in [4.78, 5) is 25.3. The second-order valence-corrected chi connectivity index (χ2v) is 4.75. The van der Waals surface area contributed by atoms with Crippen LogP contribution >= 0.6 is 0 Å². The molecule has 0 aromatic heterocycles. The number of amides is 1. The molecule has 0 aliphatic rings. The second kappa shape index (κ2) is 9.00. The highest BCUT2D eigenvalue weighted by Gasteiger charge is 2.16. The van der Waals surface area contributed by atoms with Crippen LogP contribution in [-0.4, -0.2) is 43.5 Å². The van der Waals surface area contributed by atoms with Crippen LogP contribution < -0.4 is 5.32 Å². The normalized spacial score (nSPS) is 10.0. The molecule has 0 saturated carbocycles. The third-order valence-electron chi connectivity index (χ3n) is 3.03. The number of hydrogen-bond donors (Lipinski definition) is 1. The fraction of sp³-hybridized carbons (Fsp3) is 0.500. The number of ether oxygens (including phenoxy) is 1. The number of carbonyl (C=O) groups is 2. The van der Waals surface area contributed by atoms with Crippen molar-refractivity contribution in [2.45, 2.75) is 26.7 Å². The first-order valence-corrected chi connectivity index (χ1v) is 7.34. The number of carbonyl (C=O) groups excluding carboxylic acids is 2. The molecule has 1 aromatic rings. The molecule has 1 rings (SSSR count). The van der Waals surface area contributed by atoms with Crippen LogP contribution in [0, 0.1) is 0 Å². The maximum absolute atomic E-state index is 12.4. The van der Waals surface area contributed by atoms with Crippen LogP contribution in [0.2, 0.25) is 0 Å². The Balaban J connectivity index is 2.67. The van der Waals surface area contributed by atoms with E-state index in [1.165, 1.54) is 0 Å². The summed E-state index contributed by atoms with van der Waals surface area (Å²) in [5, 5.41) is 3.24. The van der Waals surface area contributed by atoms with Crippen LogP contribution in [0.15, 0.2) is 24.3 Å². The van der Waals surface area contributed by atoms with Gasteiger partial charge in [-0.1, -0.05) is 19.1 Å². The highest BCUT2D eigenvalue weighted by Crippen LogP contribution is 2.17. The van der Waals surface area contributed by atoms with Crippen molar-refractivity contribution in [2.24, 2.45) is 0 Å². The lowest BCUT2D eigenvalue weighted by Gasteiger charge is -2.19. The first kappa shape index (κ1) is 17.0. The summed E-state index contributed by atoms with van der Waals surface area (Å²) < 4.78 is 4.87. The van der Waals surface area contributed by atoms with Crippen molar-refractivity contribution < 1.29 is 14.3 Å². The molecule has 0 bridgehead atoms. The van der Waals surface area contributed by atoms with Gasteiger partial charge in [0, 0.05) is 25.8 Å². The van der Waals surface area contributed by atoms with E-state index in [2.05, 4.69) is 12.2 Å². The summed E-state index contributed by atoms with van der Waals surface area (Å²) in [5.74, 6) is -0.381. The fourth-order valence-electron chi connectivity index (χ4n) is 1.88. The Labute approximate surface area is 126 Å². The Hall–Kier alpha value is -2.04. The minimum absolute atomic E-state index is 0.0986. The van der Waals surface area contributed by atoms with Gasteiger partial charge in [-0.15, -0.1) is 0 Å². The third-order valence-corrected chi connectivity index (χ3v) is 3.03. The van der Waals surface area contributed by atoms with Crippen LogP contribution in [0.5, 0.6) is 0 Å². The molecule has 0 aliphatic heterocycles. The number of hydrogen-bond acceptors (Lipinski definition) is 4. The summed E-state index contributed by atoms with van der Waals surface area (Å²) >= 11 is 0. The Kier molecular flexibility index (Phi) is 7.29. The van der Waals surface area contributed by atoms with Crippen molar-refractivity contribution >= 4 is 17.6 Å². The summed E-state index contributed by atoms with van der Waals surface area (Å²) in [6.07, 6.45) is 1.20. The summed E-state index contributed by atoms with van der Waals surface area (Å²) in [6, 6.07) is 7.42. The lowest BCUT2D eigenvalue weighted by molar-refractivity contribution is -0.143. The average molecular weight is 292 g/mol. The number of esters is 1. The molecule has 0 radical (unpaired) electrons. The SMILES string of the molecule is CCCNc1ccccc1C(=O)N(C)CCC(=O)OCC. The van der Waals surface area contributed by atoms with Crippen molar-refractivity contribution in [2.75, 3.05) is 32.1 Å². The van der Waals surface area contributed by atoms with Crippen molar-refractivity contribution in [1.82, 2.24) is 4.90 Å². The van der Waals surface area contributed by atoms with E-state index in [0.717, 1.165) is 18.7 Å². The van der Waals surface area contributed by atoms with E-state index in [-0.39, 0.29) is 18.3 Å². The van der Waals surface area contributed by atoms with Crippen LogP contribution in [-0.2, 0) is 9.53 Å². The highest BCUT2D eigenvalue weighted by molar-refractivity contribution is 5.99. The van der Waals surface area contributed by atoms with Crippen LogP contribution in [0.4, 0.5) is 5.69 Å². The molecule has 0 aliphatic carbocycles. The first-order valence-electron chi connectivity index (χ1n) is 7.34. The molecular formula is C16H24N2O3. The third kappa shape index (κ3) is 5.45. The van der Waals surface area contributed by atoms with E-state index in [1.807, 2.05) is 18.2 Å². The Bertz CT molecular complexity index is 474. The highest BCUT2D eigenvalue weighted by atomic mass is 16.5. The monoisotopic (exact) mass is 292 g/mol. The Morgan fingerprint density at radius 1 is 1.24 bits per heavy atom. The molecule has 5 heteroatoms. The van der Waals surface area contributed by atoms with Gasteiger partial charge >= 0.3 is 5.97 Å². The van der Waals surface area contributed by atoms with E-state index in [0.29, 0.717) is 18.7 Å². The molecule has 116 valence electrons. The van der Waals surface area contributed by atoms with Gasteiger partial charge in [-0.25, -0.2) is 0 Å². The molecule has 5 nitrogen and oxygen atoms in total. The van der Waals surface area contributed by atoms with E-state index in [1.54, 1.807) is 24.9 Å². The zero-order chi connectivity index (χ0) is 15.7. The van der Waals surface area contributed by atoms with Gasteiger partial charge < -0.3 is 15.0 Å². The second-order valence-electron chi connectivity index (χ2n) is 4.75. The quantitative estimate of drug-likeness (QED) is 0.748. The maximum atomic E-state index is 12.4. The summed E-state index contributed by atoms with van der Waals surface area (Å²) in [5.41, 5.74) is 1.45. The fourth-order valence-corrected chi connectivity index (χ4v) is 1.88. The van der Waals surface area contributed by atoms with Gasteiger partial charge in [-0.05, 0) is 25.5 Å². The Morgan fingerprint density at radius 3 is 2.62 bits per heavy atom. The molecule has 0 fully saturated rings. The van der Waals surface area contributed by atoms with Crippen LogP contribution in [0.25, 0.3) is 0 Å². The maximum Gasteiger partial charge on any atom is 0.307 e. The van der Waals surface area contributed by atoms with Gasteiger partial charge in [0.25, 0.3) is 5.91 Å². The predicted octanol–water partition coefficient (Wildman–Crippen LogP) is 2.53. The van der Waals surface area contributed by atoms with Gasteiger partial charge in [0.2, 0.25) is 0 Å². The van der Waals surface area contributed by atoms with Crippen molar-refractivity contribution in [3.05, 3.63) is 29.8 Å².